The van der Waals surface area contributed by atoms with Crippen molar-refractivity contribution >= 4 is 11.7 Å². The van der Waals surface area contributed by atoms with Crippen molar-refractivity contribution in [2.24, 2.45) is 5.92 Å². The number of unbranched alkanes of at least 4 members (excludes halogenated alkanes) is 3. The highest BCUT2D eigenvalue weighted by Crippen LogP contribution is 2.27. The second-order valence-electron chi connectivity index (χ2n) is 10.9. The van der Waals surface area contributed by atoms with Crippen LogP contribution in [-0.2, 0) is 11.3 Å². The summed E-state index contributed by atoms with van der Waals surface area (Å²) in [4.78, 5) is 38.3. The smallest absolute Gasteiger partial charge is 0.333 e. The van der Waals surface area contributed by atoms with Crippen LogP contribution in [0.15, 0.2) is 59.4 Å². The molecule has 3 aromatic rings. The number of imidazole rings is 1. The minimum Gasteiger partial charge on any atom is -0.354 e. The number of hydrogen-bond acceptors (Lipinski definition) is 4. The number of amides is 1. The lowest BCUT2D eigenvalue weighted by molar-refractivity contribution is -0.121. The summed E-state index contributed by atoms with van der Waals surface area (Å²) in [7, 11) is 0. The molecule has 41 heavy (non-hydrogen) atoms. The van der Waals surface area contributed by atoms with Gasteiger partial charge in [-0.3, -0.25) is 18.7 Å². The predicted octanol–water partition coefficient (Wildman–Crippen LogP) is 6.55. The SMILES string of the molecule is CC(=O)c1c(-c2ccccc2)n(-c2ccccc2C)c(=O)n1CCNC(=O)CC(C)C.CCCCCCNCCC. The van der Waals surface area contributed by atoms with Crippen LogP contribution in [0.2, 0.25) is 0 Å². The van der Waals surface area contributed by atoms with E-state index in [9.17, 15) is 14.4 Å². The largest absolute Gasteiger partial charge is 0.354 e. The van der Waals surface area contributed by atoms with Gasteiger partial charge in [0.2, 0.25) is 5.91 Å². The van der Waals surface area contributed by atoms with Crippen molar-refractivity contribution in [3.05, 3.63) is 76.3 Å². The highest BCUT2D eigenvalue weighted by molar-refractivity contribution is 5.99. The molecule has 2 aromatic carbocycles. The Kier molecular flexibility index (Phi) is 14.9. The average Bonchev–Trinajstić information content (AvgIpc) is 3.23. The van der Waals surface area contributed by atoms with E-state index in [2.05, 4.69) is 24.5 Å². The molecule has 0 unspecified atom stereocenters. The maximum atomic E-state index is 13.6. The molecule has 0 atom stereocenters. The van der Waals surface area contributed by atoms with Crippen LogP contribution in [0.25, 0.3) is 16.9 Å². The number of rotatable bonds is 15. The van der Waals surface area contributed by atoms with Gasteiger partial charge in [-0.25, -0.2) is 4.79 Å². The van der Waals surface area contributed by atoms with Gasteiger partial charge in [-0.05, 0) is 50.4 Å². The number of benzene rings is 2. The first-order chi connectivity index (χ1) is 19.7. The number of aromatic nitrogens is 2. The van der Waals surface area contributed by atoms with Crippen molar-refractivity contribution in [2.45, 2.75) is 86.6 Å². The molecule has 0 radical (unpaired) electrons. The zero-order valence-electron chi connectivity index (χ0n) is 26.0. The summed E-state index contributed by atoms with van der Waals surface area (Å²) in [5.74, 6) is -0.00633. The molecular formula is C34H50N4O3. The molecule has 0 fully saturated rings. The predicted molar refractivity (Wildman–Crippen MR) is 170 cm³/mol. The fourth-order valence-corrected chi connectivity index (χ4v) is 4.74. The molecule has 1 heterocycles. The van der Waals surface area contributed by atoms with Crippen LogP contribution in [0, 0.1) is 12.8 Å². The molecule has 0 saturated carbocycles. The van der Waals surface area contributed by atoms with E-state index in [0.29, 0.717) is 17.8 Å². The maximum Gasteiger partial charge on any atom is 0.333 e. The minimum absolute atomic E-state index is 0.0611. The van der Waals surface area contributed by atoms with Crippen molar-refractivity contribution in [3.8, 4) is 16.9 Å². The fourth-order valence-electron chi connectivity index (χ4n) is 4.74. The number of aryl methyl sites for hydroxylation is 1. The number of para-hydroxylation sites is 1. The Balaban J connectivity index is 0.000000503. The Labute approximate surface area is 246 Å². The molecule has 0 aliphatic rings. The second kappa shape index (κ2) is 18.1. The number of nitrogens with zero attached hydrogens (tertiary/aromatic N) is 2. The van der Waals surface area contributed by atoms with E-state index < -0.39 is 0 Å². The quantitative estimate of drug-likeness (QED) is 0.163. The molecule has 3 rings (SSSR count). The number of carbonyl (C=O) groups is 2. The number of Topliss-reactive ketones (excluding diaryl/α,β-unsaturated/α-hetero) is 1. The van der Waals surface area contributed by atoms with Crippen molar-refractivity contribution in [1.82, 2.24) is 19.8 Å². The van der Waals surface area contributed by atoms with Gasteiger partial charge in [-0.1, -0.05) is 95.5 Å². The first-order valence-corrected chi connectivity index (χ1v) is 15.2. The molecule has 1 amide bonds. The normalized spacial score (nSPS) is 10.8. The van der Waals surface area contributed by atoms with Gasteiger partial charge in [0.1, 0.15) is 5.69 Å². The van der Waals surface area contributed by atoms with E-state index >= 15 is 0 Å². The monoisotopic (exact) mass is 562 g/mol. The summed E-state index contributed by atoms with van der Waals surface area (Å²) in [5.41, 5.74) is 3.07. The summed E-state index contributed by atoms with van der Waals surface area (Å²) < 4.78 is 3.09. The Morgan fingerprint density at radius 2 is 1.54 bits per heavy atom. The van der Waals surface area contributed by atoms with Gasteiger partial charge in [0.25, 0.3) is 0 Å². The summed E-state index contributed by atoms with van der Waals surface area (Å²) >= 11 is 0. The van der Waals surface area contributed by atoms with Crippen molar-refractivity contribution in [3.63, 3.8) is 0 Å². The van der Waals surface area contributed by atoms with Crippen LogP contribution in [0.1, 0.15) is 89.2 Å². The highest BCUT2D eigenvalue weighted by atomic mass is 16.2. The molecule has 0 spiro atoms. The first kappa shape index (κ1) is 33.8. The van der Waals surface area contributed by atoms with Crippen LogP contribution in [0.4, 0.5) is 0 Å². The number of hydrogen-bond donors (Lipinski definition) is 2. The van der Waals surface area contributed by atoms with E-state index in [1.165, 1.54) is 56.7 Å². The van der Waals surface area contributed by atoms with E-state index in [1.54, 1.807) is 4.57 Å². The molecule has 0 bridgehead atoms. The summed E-state index contributed by atoms with van der Waals surface area (Å²) in [6.45, 7) is 14.7. The van der Waals surface area contributed by atoms with Crippen molar-refractivity contribution in [1.29, 1.82) is 0 Å². The Morgan fingerprint density at radius 1 is 0.854 bits per heavy atom. The molecule has 0 aliphatic heterocycles. The highest BCUT2D eigenvalue weighted by Gasteiger charge is 2.25. The third-order valence-electron chi connectivity index (χ3n) is 6.76. The van der Waals surface area contributed by atoms with Gasteiger partial charge in [0.15, 0.2) is 5.78 Å². The van der Waals surface area contributed by atoms with Crippen LogP contribution >= 0.6 is 0 Å². The average molecular weight is 563 g/mol. The molecule has 0 aliphatic carbocycles. The molecule has 224 valence electrons. The molecule has 7 heteroatoms. The van der Waals surface area contributed by atoms with Gasteiger partial charge in [0.05, 0.1) is 11.4 Å². The third-order valence-corrected chi connectivity index (χ3v) is 6.76. The van der Waals surface area contributed by atoms with E-state index in [4.69, 9.17) is 0 Å². The number of nitrogens with one attached hydrogen (secondary N) is 2. The summed E-state index contributed by atoms with van der Waals surface area (Å²) in [6, 6.07) is 17.1. The second-order valence-corrected chi connectivity index (χ2v) is 10.9. The standard InChI is InChI=1S/C25H29N3O3.C9H21N/c1-17(2)16-22(30)26-14-15-27-23(19(4)29)24(20-11-6-5-7-12-20)28(25(27)31)21-13-9-8-10-18(21)3;1-3-5-6-7-9-10-8-4-2/h5-13,17H,14-16H2,1-4H3,(H,26,30);10H,3-9H2,1-2H3. The van der Waals surface area contributed by atoms with Crippen molar-refractivity contribution < 1.29 is 9.59 Å². The Morgan fingerprint density at radius 3 is 2.15 bits per heavy atom. The van der Waals surface area contributed by atoms with Gasteiger partial charge in [-0.15, -0.1) is 0 Å². The fraction of sp³-hybridized carbons (Fsp3) is 0.500. The van der Waals surface area contributed by atoms with Gasteiger partial charge >= 0.3 is 5.69 Å². The van der Waals surface area contributed by atoms with Gasteiger partial charge in [0, 0.05) is 32.0 Å². The topological polar surface area (TPSA) is 85.1 Å². The van der Waals surface area contributed by atoms with E-state index in [1.807, 2.05) is 75.4 Å². The molecule has 1 aromatic heterocycles. The first-order valence-electron chi connectivity index (χ1n) is 15.2. The summed E-state index contributed by atoms with van der Waals surface area (Å²) in [6.07, 6.45) is 7.17. The van der Waals surface area contributed by atoms with Crippen LogP contribution in [0.3, 0.4) is 0 Å². The van der Waals surface area contributed by atoms with E-state index in [-0.39, 0.29) is 36.4 Å². The van der Waals surface area contributed by atoms with Crippen molar-refractivity contribution in [2.75, 3.05) is 19.6 Å². The van der Waals surface area contributed by atoms with Gasteiger partial charge < -0.3 is 10.6 Å². The minimum atomic E-state index is -0.295. The Bertz CT molecular complexity index is 1270. The molecule has 2 N–H and O–H groups in total. The third kappa shape index (κ3) is 10.5. The van der Waals surface area contributed by atoms with Crippen LogP contribution in [0.5, 0.6) is 0 Å². The van der Waals surface area contributed by atoms with E-state index in [0.717, 1.165) is 16.8 Å². The lowest BCUT2D eigenvalue weighted by atomic mass is 10.1. The summed E-state index contributed by atoms with van der Waals surface area (Å²) in [5, 5.41) is 6.25. The van der Waals surface area contributed by atoms with Crippen LogP contribution < -0.4 is 16.3 Å². The number of ketones is 1. The number of carbonyl (C=O) groups excluding carboxylic acids is 2. The van der Waals surface area contributed by atoms with Gasteiger partial charge in [-0.2, -0.15) is 0 Å². The Hall–Kier alpha value is -3.45. The lowest BCUT2D eigenvalue weighted by Crippen LogP contribution is -2.33. The molecular weight excluding hydrogens is 512 g/mol. The zero-order valence-corrected chi connectivity index (χ0v) is 26.0. The molecule has 0 saturated heterocycles. The lowest BCUT2D eigenvalue weighted by Gasteiger charge is -2.11. The molecule has 7 nitrogen and oxygen atoms in total. The maximum absolute atomic E-state index is 13.6. The van der Waals surface area contributed by atoms with Crippen LogP contribution in [-0.4, -0.2) is 40.5 Å². The zero-order chi connectivity index (χ0) is 30.2.